The van der Waals surface area contributed by atoms with E-state index in [4.69, 9.17) is 4.74 Å². The minimum atomic E-state index is 0.532. The minimum Gasteiger partial charge on any atom is -0.493 e. The predicted octanol–water partition coefficient (Wildman–Crippen LogP) is 3.65. The van der Waals surface area contributed by atoms with Gasteiger partial charge in [0.15, 0.2) is 0 Å². The molecule has 0 radical (unpaired) electrons. The van der Waals surface area contributed by atoms with Crippen LogP contribution in [-0.2, 0) is 0 Å². The van der Waals surface area contributed by atoms with Gasteiger partial charge in [-0.15, -0.1) is 12.6 Å². The number of ether oxygens (including phenoxy) is 1. The summed E-state index contributed by atoms with van der Waals surface area (Å²) in [5, 5.41) is 0. The lowest BCUT2D eigenvalue weighted by Gasteiger charge is -2.09. The first-order valence-corrected chi connectivity index (χ1v) is 5.66. The molecule has 0 heterocycles. The van der Waals surface area contributed by atoms with Gasteiger partial charge in [0.2, 0.25) is 0 Å². The van der Waals surface area contributed by atoms with Crippen LogP contribution in [0.4, 0.5) is 0 Å². The largest absolute Gasteiger partial charge is 0.493 e. The monoisotopic (exact) mass is 235 g/mol. The molecule has 0 aliphatic rings. The van der Waals surface area contributed by atoms with Crippen molar-refractivity contribution < 1.29 is 4.74 Å². The number of hydrogen-bond acceptors (Lipinski definition) is 3. The average molecular weight is 235 g/mol. The minimum absolute atomic E-state index is 0.532. The molecule has 0 atom stereocenters. The number of hydrogen-bond donors (Lipinski definition) is 1. The molecule has 0 unspecified atom stereocenters. The molecule has 1 rings (SSSR count). The van der Waals surface area contributed by atoms with Crippen molar-refractivity contribution in [1.82, 2.24) is 0 Å². The van der Waals surface area contributed by atoms with Crippen molar-refractivity contribution in [1.29, 1.82) is 0 Å². The van der Waals surface area contributed by atoms with Crippen LogP contribution in [0.2, 0.25) is 0 Å². The molecule has 1 aromatic carbocycles. The molecular weight excluding hydrogens is 218 g/mol. The summed E-state index contributed by atoms with van der Waals surface area (Å²) in [6.45, 7) is 8.37. The topological polar surface area (TPSA) is 21.6 Å². The van der Waals surface area contributed by atoms with Gasteiger partial charge in [-0.1, -0.05) is 26.0 Å². The summed E-state index contributed by atoms with van der Waals surface area (Å²) in [4.78, 5) is 4.47. The van der Waals surface area contributed by atoms with Gasteiger partial charge in [-0.05, 0) is 30.3 Å². The summed E-state index contributed by atoms with van der Waals surface area (Å²) in [6, 6.07) is 7.79. The van der Waals surface area contributed by atoms with Gasteiger partial charge in [-0.25, -0.2) is 0 Å². The van der Waals surface area contributed by atoms with Crippen LogP contribution in [0.3, 0.4) is 0 Å². The fourth-order valence-corrected chi connectivity index (χ4v) is 1.38. The normalized spacial score (nSPS) is 11.6. The Balaban J connectivity index is 2.68. The molecule has 16 heavy (non-hydrogen) atoms. The van der Waals surface area contributed by atoms with Gasteiger partial charge < -0.3 is 4.74 Å². The van der Waals surface area contributed by atoms with Crippen LogP contribution in [0.5, 0.6) is 5.75 Å². The van der Waals surface area contributed by atoms with Crippen LogP contribution >= 0.6 is 12.6 Å². The van der Waals surface area contributed by atoms with Crippen molar-refractivity contribution in [2.75, 3.05) is 6.61 Å². The van der Waals surface area contributed by atoms with E-state index in [-0.39, 0.29) is 0 Å². The van der Waals surface area contributed by atoms with Gasteiger partial charge in [0.25, 0.3) is 0 Å². The van der Waals surface area contributed by atoms with E-state index in [1.165, 1.54) is 0 Å². The molecule has 0 amide bonds. The van der Waals surface area contributed by atoms with Crippen LogP contribution in [0.15, 0.2) is 35.5 Å². The highest BCUT2D eigenvalue weighted by molar-refractivity contribution is 7.90. The second kappa shape index (κ2) is 6.38. The van der Waals surface area contributed by atoms with E-state index in [2.05, 4.69) is 38.2 Å². The summed E-state index contributed by atoms with van der Waals surface area (Å²) < 4.78 is 5.58. The Morgan fingerprint density at radius 2 is 2.06 bits per heavy atom. The maximum absolute atomic E-state index is 5.58. The highest BCUT2D eigenvalue weighted by Gasteiger charge is 1.99. The van der Waals surface area contributed by atoms with Crippen LogP contribution in [0.1, 0.15) is 19.4 Å². The first kappa shape index (κ1) is 12.8. The Hall–Kier alpha value is -1.22. The first-order chi connectivity index (χ1) is 7.63. The Morgan fingerprint density at radius 3 is 2.56 bits per heavy atom. The SMILES string of the molecule is C=N/C=C(\S)c1ccc(OCC(C)C)cc1. The Kier molecular flexibility index (Phi) is 5.12. The molecule has 2 nitrogen and oxygen atoms in total. The lowest BCUT2D eigenvalue weighted by Crippen LogP contribution is -2.04. The van der Waals surface area contributed by atoms with E-state index in [0.29, 0.717) is 5.92 Å². The second-order valence-electron chi connectivity index (χ2n) is 3.93. The third-order valence-electron chi connectivity index (χ3n) is 1.95. The van der Waals surface area contributed by atoms with Gasteiger partial charge in [-0.3, -0.25) is 4.99 Å². The molecule has 0 bridgehead atoms. The molecule has 0 fully saturated rings. The zero-order valence-electron chi connectivity index (χ0n) is 9.68. The fourth-order valence-electron chi connectivity index (χ4n) is 1.15. The van der Waals surface area contributed by atoms with Gasteiger partial charge in [0.05, 0.1) is 6.61 Å². The molecule has 0 aromatic heterocycles. The molecule has 0 N–H and O–H groups in total. The van der Waals surface area contributed by atoms with Crippen molar-refractivity contribution in [2.24, 2.45) is 10.9 Å². The summed E-state index contributed by atoms with van der Waals surface area (Å²) in [5.41, 5.74) is 1.01. The van der Waals surface area contributed by atoms with Crippen molar-refractivity contribution in [2.45, 2.75) is 13.8 Å². The van der Waals surface area contributed by atoms with Gasteiger partial charge in [0, 0.05) is 11.1 Å². The van der Waals surface area contributed by atoms with E-state index in [1.807, 2.05) is 24.3 Å². The Morgan fingerprint density at radius 1 is 1.44 bits per heavy atom. The quantitative estimate of drug-likeness (QED) is 0.610. The average Bonchev–Trinajstić information content (AvgIpc) is 2.27. The van der Waals surface area contributed by atoms with Crippen LogP contribution < -0.4 is 4.74 Å². The molecule has 0 saturated heterocycles. The highest BCUT2D eigenvalue weighted by Crippen LogP contribution is 2.21. The standard InChI is InChI=1S/C13H17NOS/c1-10(2)9-15-12-6-4-11(5-7-12)13(16)8-14-3/h4-8,10,16H,3,9H2,1-2H3/b13-8-. The molecule has 86 valence electrons. The van der Waals surface area contributed by atoms with Crippen LogP contribution in [-0.4, -0.2) is 13.3 Å². The van der Waals surface area contributed by atoms with E-state index < -0.39 is 0 Å². The fraction of sp³-hybridized carbons (Fsp3) is 0.308. The van der Waals surface area contributed by atoms with Crippen molar-refractivity contribution in [3.8, 4) is 5.75 Å². The van der Waals surface area contributed by atoms with Crippen molar-refractivity contribution in [3.63, 3.8) is 0 Å². The van der Waals surface area contributed by atoms with E-state index >= 15 is 0 Å². The van der Waals surface area contributed by atoms with Crippen molar-refractivity contribution >= 4 is 24.3 Å². The lowest BCUT2D eigenvalue weighted by atomic mass is 10.2. The van der Waals surface area contributed by atoms with Gasteiger partial charge >= 0.3 is 0 Å². The maximum atomic E-state index is 5.58. The Labute approximate surface area is 102 Å². The van der Waals surface area contributed by atoms with Crippen molar-refractivity contribution in [3.05, 3.63) is 36.0 Å². The number of rotatable bonds is 5. The zero-order chi connectivity index (χ0) is 12.0. The number of benzene rings is 1. The number of nitrogens with zero attached hydrogens (tertiary/aromatic N) is 1. The van der Waals surface area contributed by atoms with E-state index in [1.54, 1.807) is 6.20 Å². The molecule has 0 aliphatic carbocycles. The molecule has 1 aromatic rings. The van der Waals surface area contributed by atoms with E-state index in [9.17, 15) is 0 Å². The third-order valence-corrected chi connectivity index (χ3v) is 2.32. The highest BCUT2D eigenvalue weighted by atomic mass is 32.1. The Bertz CT molecular complexity index is 368. The molecular formula is C13H17NOS. The first-order valence-electron chi connectivity index (χ1n) is 5.21. The lowest BCUT2D eigenvalue weighted by molar-refractivity contribution is 0.271. The van der Waals surface area contributed by atoms with Gasteiger partial charge in [-0.2, -0.15) is 0 Å². The van der Waals surface area contributed by atoms with Crippen LogP contribution in [0.25, 0.3) is 4.91 Å². The third kappa shape index (κ3) is 4.11. The number of thiol groups is 1. The molecule has 3 heteroatoms. The van der Waals surface area contributed by atoms with E-state index in [0.717, 1.165) is 22.8 Å². The summed E-state index contributed by atoms with van der Waals surface area (Å²) in [5.74, 6) is 1.41. The number of aliphatic imine (C=N–C) groups is 1. The second-order valence-corrected chi connectivity index (χ2v) is 4.41. The molecule has 0 saturated carbocycles. The summed E-state index contributed by atoms with van der Waals surface area (Å²) in [6.07, 6.45) is 1.62. The summed E-state index contributed by atoms with van der Waals surface area (Å²) in [7, 11) is 0. The predicted molar refractivity (Wildman–Crippen MR) is 73.3 cm³/mol. The molecule has 0 spiro atoms. The van der Waals surface area contributed by atoms with Gasteiger partial charge in [0.1, 0.15) is 5.75 Å². The maximum Gasteiger partial charge on any atom is 0.119 e. The molecule has 0 aliphatic heterocycles. The summed E-state index contributed by atoms with van der Waals surface area (Å²) >= 11 is 4.31. The van der Waals surface area contributed by atoms with Crippen LogP contribution in [0, 0.1) is 5.92 Å². The zero-order valence-corrected chi connectivity index (χ0v) is 10.6. The smallest absolute Gasteiger partial charge is 0.119 e.